The third kappa shape index (κ3) is 7.41. The molecule has 236 valence electrons. The average molecular weight is 616 g/mol. The van der Waals surface area contributed by atoms with E-state index in [9.17, 15) is 24.6 Å². The Bertz CT molecular complexity index is 1480. The summed E-state index contributed by atoms with van der Waals surface area (Å²) in [5.41, 5.74) is 3.69. The molecule has 0 aliphatic carbocycles. The van der Waals surface area contributed by atoms with Gasteiger partial charge in [0.15, 0.2) is 6.29 Å². The predicted molar refractivity (Wildman–Crippen MR) is 163 cm³/mol. The van der Waals surface area contributed by atoms with Crippen LogP contribution in [0.3, 0.4) is 0 Å². The van der Waals surface area contributed by atoms with Crippen LogP contribution >= 0.6 is 0 Å². The van der Waals surface area contributed by atoms with Crippen molar-refractivity contribution in [1.82, 2.24) is 10.2 Å². The van der Waals surface area contributed by atoms with Gasteiger partial charge in [0.1, 0.15) is 12.6 Å². The number of hydrogen-bond acceptors (Lipinski definition) is 9. The van der Waals surface area contributed by atoms with E-state index in [4.69, 9.17) is 14.2 Å². The van der Waals surface area contributed by atoms with Crippen LogP contribution in [0, 0.1) is 0 Å². The second kappa shape index (κ2) is 13.9. The lowest BCUT2D eigenvalue weighted by atomic mass is 9.99. The van der Waals surface area contributed by atoms with E-state index in [1.54, 1.807) is 24.3 Å². The van der Waals surface area contributed by atoms with Crippen molar-refractivity contribution in [2.45, 2.75) is 63.1 Å². The molecule has 3 aromatic carbocycles. The second-order valence-corrected chi connectivity index (χ2v) is 11.7. The quantitative estimate of drug-likeness (QED) is 0.310. The second-order valence-electron chi connectivity index (χ2n) is 11.7. The third-order valence-electron chi connectivity index (χ3n) is 8.40. The molecular formula is C34H37N3O8. The van der Waals surface area contributed by atoms with Crippen molar-refractivity contribution >= 4 is 23.6 Å². The van der Waals surface area contributed by atoms with Crippen LogP contribution in [0.15, 0.2) is 78.9 Å². The topological polar surface area (TPSA) is 138 Å². The highest BCUT2D eigenvalue weighted by atomic mass is 16.7. The molecule has 1 unspecified atom stereocenters. The fraction of sp³-hybridized carbons (Fsp3) is 0.382. The van der Waals surface area contributed by atoms with Gasteiger partial charge in [-0.2, -0.15) is 0 Å². The zero-order chi connectivity index (χ0) is 31.3. The molecule has 6 rings (SSSR count). The number of rotatable bonds is 9. The van der Waals surface area contributed by atoms with Gasteiger partial charge in [-0.1, -0.05) is 66.7 Å². The van der Waals surface area contributed by atoms with Crippen LogP contribution in [-0.2, 0) is 37.0 Å². The number of aliphatic hydroxyl groups is 2. The van der Waals surface area contributed by atoms with Gasteiger partial charge < -0.3 is 29.7 Å². The number of benzene rings is 3. The molecule has 3 fully saturated rings. The lowest BCUT2D eigenvalue weighted by Crippen LogP contribution is -2.42. The maximum atomic E-state index is 13.1. The number of amides is 3. The number of nitrogens with one attached hydrogen (secondary N) is 1. The maximum absolute atomic E-state index is 13.1. The molecule has 11 nitrogen and oxygen atoms in total. The molecule has 3 aliphatic heterocycles. The average Bonchev–Trinajstić information content (AvgIpc) is 3.60. The number of β-amino-alcohol motifs (C(OH)–C–C–N with tert-alkyl or cyclic N) is 1. The summed E-state index contributed by atoms with van der Waals surface area (Å²) in [5.74, 6) is -0.959. The number of ether oxygens (including phenoxy) is 3. The lowest BCUT2D eigenvalue weighted by Gasteiger charge is -2.38. The molecule has 3 amide bonds. The minimum Gasteiger partial charge on any atom is -0.445 e. The van der Waals surface area contributed by atoms with Crippen molar-refractivity contribution in [2.24, 2.45) is 0 Å². The summed E-state index contributed by atoms with van der Waals surface area (Å²) in [4.78, 5) is 41.6. The van der Waals surface area contributed by atoms with Crippen molar-refractivity contribution in [3.05, 3.63) is 101 Å². The Labute approximate surface area is 261 Å². The SMILES string of the molecule is O=C(NC1CC(=O)N(c2ccc([C@@H]3O[C@H](CN4CC[C@H](O)C4)C[C@H](c4ccc(CO)cc4)O3)cc2)C1=O)OCc1ccccc1. The van der Waals surface area contributed by atoms with Gasteiger partial charge in [-0.25, -0.2) is 9.69 Å². The van der Waals surface area contributed by atoms with Crippen molar-refractivity contribution in [3.8, 4) is 0 Å². The molecule has 0 radical (unpaired) electrons. The summed E-state index contributed by atoms with van der Waals surface area (Å²) in [6, 6.07) is 22.7. The smallest absolute Gasteiger partial charge is 0.408 e. The molecule has 45 heavy (non-hydrogen) atoms. The summed E-state index contributed by atoms with van der Waals surface area (Å²) in [7, 11) is 0. The van der Waals surface area contributed by atoms with Crippen molar-refractivity contribution in [1.29, 1.82) is 0 Å². The summed E-state index contributed by atoms with van der Waals surface area (Å²) in [6.45, 7) is 2.07. The van der Waals surface area contributed by atoms with E-state index >= 15 is 0 Å². The summed E-state index contributed by atoms with van der Waals surface area (Å²) in [6.07, 6.45) is -1.03. The minimum absolute atomic E-state index is 0.0407. The summed E-state index contributed by atoms with van der Waals surface area (Å²) < 4.78 is 18.0. The first-order chi connectivity index (χ1) is 21.9. The first-order valence-electron chi connectivity index (χ1n) is 15.2. The van der Waals surface area contributed by atoms with Gasteiger partial charge in [0.25, 0.3) is 5.91 Å². The Hall–Kier alpha value is -4.13. The first kappa shape index (κ1) is 30.9. The highest BCUT2D eigenvalue weighted by Crippen LogP contribution is 2.39. The van der Waals surface area contributed by atoms with Crippen molar-refractivity contribution in [2.75, 3.05) is 24.5 Å². The Kier molecular flexibility index (Phi) is 9.53. The van der Waals surface area contributed by atoms with Crippen LogP contribution in [0.4, 0.5) is 10.5 Å². The van der Waals surface area contributed by atoms with E-state index in [0.29, 0.717) is 25.2 Å². The van der Waals surface area contributed by atoms with Crippen LogP contribution in [-0.4, -0.2) is 70.9 Å². The fourth-order valence-corrected chi connectivity index (χ4v) is 6.00. The van der Waals surface area contributed by atoms with Gasteiger partial charge in [0.2, 0.25) is 5.91 Å². The predicted octanol–water partition coefficient (Wildman–Crippen LogP) is 3.35. The molecule has 0 spiro atoms. The van der Waals surface area contributed by atoms with Crippen molar-refractivity contribution in [3.63, 3.8) is 0 Å². The van der Waals surface area contributed by atoms with Gasteiger partial charge in [-0.05, 0) is 35.2 Å². The molecule has 3 aromatic rings. The fourth-order valence-electron chi connectivity index (χ4n) is 6.00. The Morgan fingerprint density at radius 1 is 0.933 bits per heavy atom. The number of aliphatic hydroxyl groups excluding tert-OH is 2. The van der Waals surface area contributed by atoms with E-state index < -0.39 is 30.2 Å². The number of alkyl carbamates (subject to hydrolysis) is 1. The van der Waals surface area contributed by atoms with Crippen LogP contribution in [0.2, 0.25) is 0 Å². The van der Waals surface area contributed by atoms with Gasteiger partial charge >= 0.3 is 6.09 Å². The number of carbonyl (C=O) groups is 3. The van der Waals surface area contributed by atoms with E-state index in [0.717, 1.165) is 40.1 Å². The number of likely N-dealkylation sites (tertiary alicyclic amines) is 1. The third-order valence-corrected chi connectivity index (χ3v) is 8.40. The molecule has 5 atom stereocenters. The van der Waals surface area contributed by atoms with Crippen LogP contribution < -0.4 is 10.2 Å². The normalized spacial score (nSPS) is 25.5. The van der Waals surface area contributed by atoms with Gasteiger partial charge in [-0.3, -0.25) is 14.5 Å². The molecule has 0 saturated carbocycles. The number of imide groups is 1. The monoisotopic (exact) mass is 615 g/mol. The number of nitrogens with zero attached hydrogens (tertiary/aromatic N) is 2. The zero-order valence-electron chi connectivity index (χ0n) is 24.8. The summed E-state index contributed by atoms with van der Waals surface area (Å²) in [5, 5.41) is 22.0. The standard InChI is InChI=1S/C34H37N3O8/c38-20-22-6-8-24(9-7-22)30-16-28(19-36-15-14-27(39)18-36)44-33(45-30)25-10-12-26(13-11-25)37-31(40)17-29(32(37)41)35-34(42)43-21-23-4-2-1-3-5-23/h1-13,27-30,33,38-39H,14-21H2,(H,35,42)/t27-,28-,29?,30+,33+/m0/s1. The molecule has 0 bridgehead atoms. The van der Waals surface area contributed by atoms with Crippen LogP contribution in [0.5, 0.6) is 0 Å². The minimum atomic E-state index is -1.02. The van der Waals surface area contributed by atoms with E-state index in [-0.39, 0.29) is 37.9 Å². The van der Waals surface area contributed by atoms with Crippen molar-refractivity contribution < 1.29 is 38.8 Å². The molecule has 3 heterocycles. The molecule has 0 aromatic heterocycles. The first-order valence-corrected chi connectivity index (χ1v) is 15.2. The highest BCUT2D eigenvalue weighted by Gasteiger charge is 2.41. The Balaban J connectivity index is 1.12. The number of hydrogen-bond donors (Lipinski definition) is 3. The van der Waals surface area contributed by atoms with Gasteiger partial charge in [0.05, 0.1) is 37.0 Å². The molecule has 3 N–H and O–H groups in total. The number of anilines is 1. The largest absolute Gasteiger partial charge is 0.445 e. The van der Waals surface area contributed by atoms with Crippen LogP contribution in [0.1, 0.15) is 53.9 Å². The lowest BCUT2D eigenvalue weighted by molar-refractivity contribution is -0.252. The van der Waals surface area contributed by atoms with Crippen LogP contribution in [0.25, 0.3) is 0 Å². The zero-order valence-corrected chi connectivity index (χ0v) is 24.8. The highest BCUT2D eigenvalue weighted by molar-refractivity contribution is 6.22. The van der Waals surface area contributed by atoms with E-state index in [1.165, 1.54) is 0 Å². The molecular weight excluding hydrogens is 578 g/mol. The maximum Gasteiger partial charge on any atom is 0.408 e. The van der Waals surface area contributed by atoms with E-state index in [2.05, 4.69) is 10.2 Å². The number of carbonyl (C=O) groups excluding carboxylic acids is 3. The summed E-state index contributed by atoms with van der Waals surface area (Å²) >= 11 is 0. The van der Waals surface area contributed by atoms with Gasteiger partial charge in [-0.15, -0.1) is 0 Å². The molecule has 11 heteroatoms. The van der Waals surface area contributed by atoms with E-state index in [1.807, 2.05) is 54.6 Å². The molecule has 3 aliphatic rings. The van der Waals surface area contributed by atoms with Gasteiger partial charge in [0, 0.05) is 31.6 Å². The Morgan fingerprint density at radius 2 is 1.67 bits per heavy atom. The Morgan fingerprint density at radius 3 is 2.36 bits per heavy atom. The molecule has 3 saturated heterocycles.